The highest BCUT2D eigenvalue weighted by molar-refractivity contribution is 5.42. The van der Waals surface area contributed by atoms with E-state index in [1.54, 1.807) is 12.3 Å². The number of nitrogen functional groups attached to an aromatic ring is 1. The van der Waals surface area contributed by atoms with Crippen molar-refractivity contribution in [2.75, 3.05) is 20.0 Å². The Kier molecular flexibility index (Phi) is 3.65. The van der Waals surface area contributed by atoms with Crippen molar-refractivity contribution >= 4 is 5.82 Å². The van der Waals surface area contributed by atoms with E-state index in [0.717, 1.165) is 0 Å². The molecule has 0 saturated heterocycles. The molecule has 2 heterocycles. The predicted octanol–water partition coefficient (Wildman–Crippen LogP) is 0.286. The Hall–Kier alpha value is -2.57. The van der Waals surface area contributed by atoms with E-state index in [0.29, 0.717) is 17.2 Å². The van der Waals surface area contributed by atoms with Crippen molar-refractivity contribution in [2.24, 2.45) is 0 Å². The van der Waals surface area contributed by atoms with Crippen LogP contribution in [-0.4, -0.2) is 29.0 Å². The van der Waals surface area contributed by atoms with Crippen LogP contribution in [0.2, 0.25) is 0 Å². The molecule has 0 atom stereocenters. The van der Waals surface area contributed by atoms with Gasteiger partial charge in [0, 0.05) is 18.3 Å². The minimum Gasteiger partial charge on any atom is -0.493 e. The van der Waals surface area contributed by atoms with Crippen LogP contribution >= 0.6 is 0 Å². The predicted molar refractivity (Wildman–Crippen MR) is 69.4 cm³/mol. The normalized spacial score (nSPS) is 10.2. The second-order valence-electron chi connectivity index (χ2n) is 3.75. The Morgan fingerprint density at radius 3 is 2.74 bits per heavy atom. The fourth-order valence-electron chi connectivity index (χ4n) is 1.68. The van der Waals surface area contributed by atoms with E-state index in [9.17, 15) is 4.79 Å². The number of hydrogen-bond donors (Lipinski definition) is 1. The first-order chi connectivity index (χ1) is 9.15. The summed E-state index contributed by atoms with van der Waals surface area (Å²) in [6, 6.07) is 4.49. The summed E-state index contributed by atoms with van der Waals surface area (Å²) in [4.78, 5) is 15.9. The molecule has 0 aliphatic carbocycles. The van der Waals surface area contributed by atoms with Crippen LogP contribution in [-0.2, 0) is 6.54 Å². The first kappa shape index (κ1) is 12.9. The van der Waals surface area contributed by atoms with Gasteiger partial charge in [0.1, 0.15) is 11.5 Å². The lowest BCUT2D eigenvalue weighted by molar-refractivity contribution is 0.347. The average molecular weight is 262 g/mol. The molecule has 0 unspecified atom stereocenters. The lowest BCUT2D eigenvalue weighted by atomic mass is 10.3. The fourth-order valence-corrected chi connectivity index (χ4v) is 1.68. The maximum absolute atomic E-state index is 11.7. The third-order valence-electron chi connectivity index (χ3n) is 2.55. The molecular formula is C12H14N4O3. The van der Waals surface area contributed by atoms with Crippen LogP contribution in [0.1, 0.15) is 5.69 Å². The summed E-state index contributed by atoms with van der Waals surface area (Å²) < 4.78 is 11.6. The Balaban J connectivity index is 2.43. The molecule has 0 aliphatic heterocycles. The summed E-state index contributed by atoms with van der Waals surface area (Å²) in [5.41, 5.74) is 5.84. The van der Waals surface area contributed by atoms with Crippen LogP contribution in [0, 0.1) is 0 Å². The molecule has 2 rings (SSSR count). The summed E-state index contributed by atoms with van der Waals surface area (Å²) in [5, 5.41) is 3.94. The SMILES string of the molecule is COc1ccnc(Cn2nc(N)ccc2=O)c1OC. The second-order valence-corrected chi connectivity index (χ2v) is 3.75. The van der Waals surface area contributed by atoms with Gasteiger partial charge in [0.15, 0.2) is 11.5 Å². The van der Waals surface area contributed by atoms with Crippen LogP contribution in [0.15, 0.2) is 29.2 Å². The number of ether oxygens (including phenoxy) is 2. The molecule has 0 saturated carbocycles. The van der Waals surface area contributed by atoms with Gasteiger partial charge in [-0.3, -0.25) is 9.78 Å². The van der Waals surface area contributed by atoms with Crippen molar-refractivity contribution in [1.29, 1.82) is 0 Å². The minimum atomic E-state index is -0.263. The van der Waals surface area contributed by atoms with Gasteiger partial charge in [0.2, 0.25) is 0 Å². The Morgan fingerprint density at radius 2 is 2.05 bits per heavy atom. The number of pyridine rings is 1. The summed E-state index contributed by atoms with van der Waals surface area (Å²) in [5.74, 6) is 1.28. The van der Waals surface area contributed by atoms with Gasteiger partial charge in [0.05, 0.1) is 20.8 Å². The van der Waals surface area contributed by atoms with Crippen molar-refractivity contribution in [3.05, 3.63) is 40.4 Å². The fraction of sp³-hybridized carbons (Fsp3) is 0.250. The number of aromatic nitrogens is 3. The first-order valence-corrected chi connectivity index (χ1v) is 5.55. The zero-order valence-corrected chi connectivity index (χ0v) is 10.7. The van der Waals surface area contributed by atoms with Gasteiger partial charge >= 0.3 is 0 Å². The van der Waals surface area contributed by atoms with Crippen molar-refractivity contribution in [3.63, 3.8) is 0 Å². The molecule has 7 heteroatoms. The first-order valence-electron chi connectivity index (χ1n) is 5.55. The highest BCUT2D eigenvalue weighted by Crippen LogP contribution is 2.29. The van der Waals surface area contributed by atoms with Gasteiger partial charge in [-0.1, -0.05) is 0 Å². The standard InChI is InChI=1S/C12H14N4O3/c1-18-9-5-6-14-8(12(9)19-2)7-16-11(17)4-3-10(13)15-16/h3-6H,7H2,1-2H3,(H2,13,15). The van der Waals surface area contributed by atoms with Gasteiger partial charge in [0.25, 0.3) is 5.56 Å². The van der Waals surface area contributed by atoms with Crippen molar-refractivity contribution in [3.8, 4) is 11.5 Å². The largest absolute Gasteiger partial charge is 0.493 e. The maximum Gasteiger partial charge on any atom is 0.267 e. The monoisotopic (exact) mass is 262 g/mol. The Bertz CT molecular complexity index is 639. The van der Waals surface area contributed by atoms with E-state index >= 15 is 0 Å². The van der Waals surface area contributed by atoms with E-state index < -0.39 is 0 Å². The highest BCUT2D eigenvalue weighted by atomic mass is 16.5. The molecule has 0 amide bonds. The summed E-state index contributed by atoms with van der Waals surface area (Å²) >= 11 is 0. The molecule has 0 aliphatic rings. The number of methoxy groups -OCH3 is 2. The summed E-state index contributed by atoms with van der Waals surface area (Å²) in [6.07, 6.45) is 1.58. The van der Waals surface area contributed by atoms with E-state index in [1.807, 2.05) is 0 Å². The molecule has 19 heavy (non-hydrogen) atoms. The van der Waals surface area contributed by atoms with Gasteiger partial charge in [-0.2, -0.15) is 5.10 Å². The zero-order valence-electron chi connectivity index (χ0n) is 10.7. The molecule has 0 aromatic carbocycles. The number of nitrogens with zero attached hydrogens (tertiary/aromatic N) is 3. The molecule has 2 aromatic rings. The topological polar surface area (TPSA) is 92.3 Å². The Labute approximate surface area is 109 Å². The van der Waals surface area contributed by atoms with Gasteiger partial charge in [-0.25, -0.2) is 4.68 Å². The van der Waals surface area contributed by atoms with Crippen LogP contribution in [0.25, 0.3) is 0 Å². The lowest BCUT2D eigenvalue weighted by Gasteiger charge is -2.12. The van der Waals surface area contributed by atoms with Crippen molar-refractivity contribution < 1.29 is 9.47 Å². The van der Waals surface area contributed by atoms with Crippen LogP contribution in [0.3, 0.4) is 0 Å². The number of hydrogen-bond acceptors (Lipinski definition) is 6. The molecule has 2 N–H and O–H groups in total. The van der Waals surface area contributed by atoms with Gasteiger partial charge in [-0.15, -0.1) is 0 Å². The van der Waals surface area contributed by atoms with Crippen LogP contribution in [0.4, 0.5) is 5.82 Å². The minimum absolute atomic E-state index is 0.157. The van der Waals surface area contributed by atoms with Crippen LogP contribution in [0.5, 0.6) is 11.5 Å². The third kappa shape index (κ3) is 2.65. The summed E-state index contributed by atoms with van der Waals surface area (Å²) in [6.45, 7) is 0.157. The van der Waals surface area contributed by atoms with Gasteiger partial charge in [-0.05, 0) is 6.07 Å². The maximum atomic E-state index is 11.7. The smallest absolute Gasteiger partial charge is 0.267 e. The average Bonchev–Trinajstić information content (AvgIpc) is 2.42. The molecule has 0 radical (unpaired) electrons. The lowest BCUT2D eigenvalue weighted by Crippen LogP contribution is -2.24. The third-order valence-corrected chi connectivity index (χ3v) is 2.55. The molecule has 0 bridgehead atoms. The van der Waals surface area contributed by atoms with E-state index in [2.05, 4.69) is 10.1 Å². The van der Waals surface area contributed by atoms with E-state index in [-0.39, 0.29) is 17.9 Å². The number of nitrogens with two attached hydrogens (primary N) is 1. The van der Waals surface area contributed by atoms with Gasteiger partial charge < -0.3 is 15.2 Å². The second kappa shape index (κ2) is 5.38. The molecule has 0 fully saturated rings. The quantitative estimate of drug-likeness (QED) is 0.851. The summed E-state index contributed by atoms with van der Waals surface area (Å²) in [7, 11) is 3.05. The highest BCUT2D eigenvalue weighted by Gasteiger charge is 2.12. The van der Waals surface area contributed by atoms with Crippen molar-refractivity contribution in [2.45, 2.75) is 6.54 Å². The van der Waals surface area contributed by atoms with E-state index in [1.165, 1.54) is 31.0 Å². The van der Waals surface area contributed by atoms with E-state index in [4.69, 9.17) is 15.2 Å². The molecule has 7 nitrogen and oxygen atoms in total. The number of anilines is 1. The Morgan fingerprint density at radius 1 is 1.26 bits per heavy atom. The zero-order chi connectivity index (χ0) is 13.8. The molecule has 2 aromatic heterocycles. The molecule has 0 spiro atoms. The molecule has 100 valence electrons. The molecular weight excluding hydrogens is 248 g/mol. The number of rotatable bonds is 4. The van der Waals surface area contributed by atoms with Crippen LogP contribution < -0.4 is 20.8 Å². The van der Waals surface area contributed by atoms with Crippen molar-refractivity contribution in [1.82, 2.24) is 14.8 Å².